The Bertz CT molecular complexity index is 1320. The van der Waals surface area contributed by atoms with Crippen LogP contribution in [0, 0.1) is 0 Å². The van der Waals surface area contributed by atoms with Gasteiger partial charge in [-0.1, -0.05) is 76.1 Å². The molecule has 0 spiro atoms. The van der Waals surface area contributed by atoms with E-state index in [-0.39, 0.29) is 0 Å². The van der Waals surface area contributed by atoms with Gasteiger partial charge in [-0.05, 0) is 79.0 Å². The van der Waals surface area contributed by atoms with Crippen LogP contribution in [-0.4, -0.2) is 24.6 Å². The molecule has 1 aliphatic rings. The van der Waals surface area contributed by atoms with Crippen molar-refractivity contribution in [1.29, 1.82) is 0 Å². The SMILES string of the molecule is C=CC(=O)Oc1ccc(OC(=O)C=C)c2cc(-c3ccc(C4CCC(OCCCCCCC)CC4)cc3)ccc12. The lowest BCUT2D eigenvalue weighted by molar-refractivity contribution is -0.129. The molecule has 3 aromatic carbocycles. The molecule has 0 radical (unpaired) electrons. The predicted molar refractivity (Wildman–Crippen MR) is 161 cm³/mol. The van der Waals surface area contributed by atoms with Gasteiger partial charge in [0.1, 0.15) is 11.5 Å². The van der Waals surface area contributed by atoms with Gasteiger partial charge in [0.2, 0.25) is 0 Å². The minimum Gasteiger partial charge on any atom is -0.423 e. The molecule has 4 rings (SSSR count). The fourth-order valence-electron chi connectivity index (χ4n) is 5.42. The normalized spacial score (nSPS) is 16.8. The Morgan fingerprint density at radius 3 is 1.98 bits per heavy atom. The minimum absolute atomic E-state index is 0.372. The smallest absolute Gasteiger partial charge is 0.335 e. The Hall–Kier alpha value is -3.70. The number of hydrogen-bond acceptors (Lipinski definition) is 5. The molecule has 0 aromatic heterocycles. The van der Waals surface area contributed by atoms with E-state index in [1.54, 1.807) is 12.1 Å². The van der Waals surface area contributed by atoms with E-state index < -0.39 is 11.9 Å². The van der Waals surface area contributed by atoms with Crippen molar-refractivity contribution < 1.29 is 23.8 Å². The molecule has 0 saturated heterocycles. The molecule has 5 nitrogen and oxygen atoms in total. The van der Waals surface area contributed by atoms with Gasteiger partial charge >= 0.3 is 11.9 Å². The summed E-state index contributed by atoms with van der Waals surface area (Å²) in [5, 5.41) is 1.32. The van der Waals surface area contributed by atoms with Crippen LogP contribution in [0.15, 0.2) is 79.9 Å². The first-order valence-corrected chi connectivity index (χ1v) is 14.5. The fraction of sp³-hybridized carbons (Fsp3) is 0.371. The topological polar surface area (TPSA) is 61.8 Å². The molecule has 3 aromatic rings. The first kappa shape index (κ1) is 29.3. The highest BCUT2D eigenvalue weighted by atomic mass is 16.5. The second kappa shape index (κ2) is 14.6. The summed E-state index contributed by atoms with van der Waals surface area (Å²) in [7, 11) is 0. The van der Waals surface area contributed by atoms with E-state index in [1.807, 2.05) is 18.2 Å². The van der Waals surface area contributed by atoms with Crippen molar-refractivity contribution in [2.24, 2.45) is 0 Å². The number of carbonyl (C=O) groups excluding carboxylic acids is 2. The first-order chi connectivity index (χ1) is 19.5. The largest absolute Gasteiger partial charge is 0.423 e. The quantitative estimate of drug-likeness (QED) is 0.0939. The summed E-state index contributed by atoms with van der Waals surface area (Å²) in [5.41, 5.74) is 3.39. The predicted octanol–water partition coefficient (Wildman–Crippen LogP) is 8.70. The third-order valence-corrected chi connectivity index (χ3v) is 7.68. The number of benzene rings is 3. The average Bonchev–Trinajstić information content (AvgIpc) is 3.00. The Morgan fingerprint density at radius 2 is 1.35 bits per heavy atom. The summed E-state index contributed by atoms with van der Waals surface area (Å²) in [4.78, 5) is 23.8. The summed E-state index contributed by atoms with van der Waals surface area (Å²) < 4.78 is 17.1. The molecule has 40 heavy (non-hydrogen) atoms. The molecule has 0 amide bonds. The van der Waals surface area contributed by atoms with Crippen LogP contribution >= 0.6 is 0 Å². The van der Waals surface area contributed by atoms with Gasteiger partial charge in [-0.2, -0.15) is 0 Å². The summed E-state index contributed by atoms with van der Waals surface area (Å²) in [6, 6.07) is 17.8. The van der Waals surface area contributed by atoms with Gasteiger partial charge in [0.25, 0.3) is 0 Å². The molecule has 1 fully saturated rings. The number of hydrogen-bond donors (Lipinski definition) is 0. The van der Waals surface area contributed by atoms with Gasteiger partial charge in [-0.3, -0.25) is 0 Å². The third kappa shape index (κ3) is 7.70. The Kier molecular flexibility index (Phi) is 10.7. The molecule has 0 atom stereocenters. The Morgan fingerprint density at radius 1 is 0.750 bits per heavy atom. The van der Waals surface area contributed by atoms with Gasteiger partial charge in [-0.25, -0.2) is 9.59 Å². The molecule has 0 bridgehead atoms. The van der Waals surface area contributed by atoms with Crippen LogP contribution in [-0.2, 0) is 14.3 Å². The number of esters is 2. The Labute approximate surface area is 237 Å². The summed E-state index contributed by atoms with van der Waals surface area (Å²) in [6.45, 7) is 10.1. The highest BCUT2D eigenvalue weighted by molar-refractivity contribution is 5.99. The van der Waals surface area contributed by atoms with Crippen molar-refractivity contribution >= 4 is 22.7 Å². The maximum atomic E-state index is 12.0. The molecule has 1 saturated carbocycles. The summed E-state index contributed by atoms with van der Waals surface area (Å²) in [6.07, 6.45) is 13.6. The van der Waals surface area contributed by atoms with Gasteiger partial charge in [-0.15, -0.1) is 0 Å². The molecule has 0 unspecified atom stereocenters. The molecule has 0 aliphatic heterocycles. The zero-order valence-electron chi connectivity index (χ0n) is 23.5. The lowest BCUT2D eigenvalue weighted by Gasteiger charge is -2.29. The first-order valence-electron chi connectivity index (χ1n) is 14.5. The highest BCUT2D eigenvalue weighted by Gasteiger charge is 2.23. The molecule has 5 heteroatoms. The molecule has 1 aliphatic carbocycles. The van der Waals surface area contributed by atoms with E-state index in [0.29, 0.717) is 34.3 Å². The van der Waals surface area contributed by atoms with E-state index in [4.69, 9.17) is 14.2 Å². The fourth-order valence-corrected chi connectivity index (χ4v) is 5.42. The maximum Gasteiger partial charge on any atom is 0.335 e. The summed E-state index contributed by atoms with van der Waals surface area (Å²) >= 11 is 0. The van der Waals surface area contributed by atoms with Crippen LogP contribution in [0.3, 0.4) is 0 Å². The van der Waals surface area contributed by atoms with Crippen LogP contribution in [0.1, 0.15) is 76.2 Å². The molecule has 0 N–H and O–H groups in total. The lowest BCUT2D eigenvalue weighted by atomic mass is 9.82. The second-order valence-corrected chi connectivity index (χ2v) is 10.5. The van der Waals surface area contributed by atoms with Gasteiger partial charge in [0.05, 0.1) is 6.10 Å². The average molecular weight is 541 g/mol. The van der Waals surface area contributed by atoms with Crippen LogP contribution in [0.5, 0.6) is 11.5 Å². The molecular weight excluding hydrogens is 500 g/mol. The van der Waals surface area contributed by atoms with E-state index in [9.17, 15) is 9.59 Å². The number of unbranched alkanes of at least 4 members (excludes halogenated alkanes) is 4. The van der Waals surface area contributed by atoms with Gasteiger partial charge in [0.15, 0.2) is 0 Å². The third-order valence-electron chi connectivity index (χ3n) is 7.68. The van der Waals surface area contributed by atoms with Crippen molar-refractivity contribution in [3.05, 3.63) is 85.5 Å². The van der Waals surface area contributed by atoms with Crippen molar-refractivity contribution in [1.82, 2.24) is 0 Å². The standard InChI is InChI=1S/C35H40O5/c1-4-7-8-9-10-23-38-29-18-15-26(16-19-29)25-11-13-27(14-12-25)28-17-20-30-31(24-28)33(40-35(37)6-3)22-21-32(30)39-34(36)5-2/h5-6,11-14,17,20-22,24,26,29H,2-4,7-10,15-16,18-19,23H2,1H3. The van der Waals surface area contributed by atoms with E-state index in [2.05, 4.69) is 44.3 Å². The monoisotopic (exact) mass is 540 g/mol. The highest BCUT2D eigenvalue weighted by Crippen LogP contribution is 2.38. The van der Waals surface area contributed by atoms with Crippen molar-refractivity contribution in [3.63, 3.8) is 0 Å². The minimum atomic E-state index is -0.556. The van der Waals surface area contributed by atoms with Crippen LogP contribution in [0.4, 0.5) is 0 Å². The second-order valence-electron chi connectivity index (χ2n) is 10.5. The number of carbonyl (C=O) groups is 2. The zero-order chi connectivity index (χ0) is 28.3. The van der Waals surface area contributed by atoms with E-state index in [1.165, 1.54) is 37.7 Å². The van der Waals surface area contributed by atoms with Crippen LogP contribution < -0.4 is 9.47 Å². The molecule has 0 heterocycles. The van der Waals surface area contributed by atoms with Crippen LogP contribution in [0.25, 0.3) is 21.9 Å². The van der Waals surface area contributed by atoms with Crippen molar-refractivity contribution in [2.75, 3.05) is 6.61 Å². The Balaban J connectivity index is 1.44. The van der Waals surface area contributed by atoms with Crippen molar-refractivity contribution in [3.8, 4) is 22.6 Å². The number of fused-ring (bicyclic) bond motifs is 1. The number of rotatable bonds is 13. The number of ether oxygens (including phenoxy) is 3. The zero-order valence-corrected chi connectivity index (χ0v) is 23.5. The van der Waals surface area contributed by atoms with Crippen molar-refractivity contribution in [2.45, 2.75) is 76.7 Å². The molecule has 210 valence electrons. The van der Waals surface area contributed by atoms with Gasteiger partial charge < -0.3 is 14.2 Å². The van der Waals surface area contributed by atoms with Gasteiger partial charge in [0, 0.05) is 29.5 Å². The van der Waals surface area contributed by atoms with E-state index in [0.717, 1.165) is 55.6 Å². The van der Waals surface area contributed by atoms with E-state index >= 15 is 0 Å². The summed E-state index contributed by atoms with van der Waals surface area (Å²) in [5.74, 6) is 0.189. The maximum absolute atomic E-state index is 12.0. The molecular formula is C35H40O5. The van der Waals surface area contributed by atoms with Crippen LogP contribution in [0.2, 0.25) is 0 Å². The lowest BCUT2D eigenvalue weighted by Crippen LogP contribution is -2.21.